The maximum atomic E-state index is 5.13. The molecule has 1 aromatic rings. The number of aromatic nitrogens is 2. The van der Waals surface area contributed by atoms with Crippen LogP contribution >= 0.6 is 0 Å². The van der Waals surface area contributed by atoms with Gasteiger partial charge in [-0.25, -0.2) is 5.10 Å². The van der Waals surface area contributed by atoms with Crippen molar-refractivity contribution in [1.29, 1.82) is 0 Å². The van der Waals surface area contributed by atoms with Crippen molar-refractivity contribution in [3.8, 4) is 5.88 Å². The number of H-pyrrole nitrogens is 1. The van der Waals surface area contributed by atoms with Crippen molar-refractivity contribution in [2.45, 2.75) is 6.54 Å². The first kappa shape index (κ1) is 4.81. The summed E-state index contributed by atoms with van der Waals surface area (Å²) in [7, 11) is 0. The van der Waals surface area contributed by atoms with Gasteiger partial charge in [0.15, 0.2) is 0 Å². The maximum Gasteiger partial charge on any atom is 0.215 e. The first-order valence-electron chi connectivity index (χ1n) is 2.82. The molecule has 4 nitrogen and oxygen atoms in total. The number of aromatic amines is 1. The minimum Gasteiger partial charge on any atom is -0.462 e. The number of nitrogens with one attached hydrogen (secondary N) is 2. The normalized spacial score (nSPS) is 16.4. The minimum absolute atomic E-state index is 0.579. The Kier molecular flexibility index (Phi) is 0.927. The average molecular weight is 125 g/mol. The van der Waals surface area contributed by atoms with Gasteiger partial charge < -0.3 is 4.74 Å². The zero-order valence-electron chi connectivity index (χ0n) is 4.85. The molecule has 0 fully saturated rings. The van der Waals surface area contributed by atoms with E-state index < -0.39 is 0 Å². The van der Waals surface area contributed by atoms with Gasteiger partial charge in [-0.2, -0.15) is 5.10 Å². The van der Waals surface area contributed by atoms with Gasteiger partial charge in [-0.3, -0.25) is 5.32 Å². The molecule has 9 heavy (non-hydrogen) atoms. The van der Waals surface area contributed by atoms with Crippen molar-refractivity contribution in [2.24, 2.45) is 0 Å². The number of hydrogen-bond donors (Lipinski definition) is 2. The molecule has 2 N–H and O–H groups in total. The molecule has 1 aliphatic rings. The van der Waals surface area contributed by atoms with Crippen molar-refractivity contribution in [1.82, 2.24) is 15.5 Å². The molecule has 1 aliphatic heterocycles. The first-order valence-corrected chi connectivity index (χ1v) is 2.82. The number of ether oxygens (including phenoxy) is 1. The second-order valence-electron chi connectivity index (χ2n) is 1.94. The maximum absolute atomic E-state index is 5.13. The minimum atomic E-state index is 0.579. The topological polar surface area (TPSA) is 49.9 Å². The fraction of sp³-hybridized carbons (Fsp3) is 0.400. The standard InChI is InChI=1S/C5H7N3O/c1-4-2-7-8-5(4)9-3-6-1/h2,6H,1,3H2,(H,7,8). The van der Waals surface area contributed by atoms with Crippen LogP contribution in [-0.2, 0) is 6.54 Å². The second-order valence-corrected chi connectivity index (χ2v) is 1.94. The van der Waals surface area contributed by atoms with Gasteiger partial charge in [-0.05, 0) is 0 Å². The molecular weight excluding hydrogens is 118 g/mol. The van der Waals surface area contributed by atoms with E-state index in [0.29, 0.717) is 6.73 Å². The van der Waals surface area contributed by atoms with Crippen LogP contribution in [-0.4, -0.2) is 16.9 Å². The third-order valence-electron chi connectivity index (χ3n) is 1.31. The van der Waals surface area contributed by atoms with Crippen LogP contribution in [0, 0.1) is 0 Å². The summed E-state index contributed by atoms with van der Waals surface area (Å²) in [6.07, 6.45) is 1.77. The molecule has 0 amide bonds. The second kappa shape index (κ2) is 1.73. The molecule has 0 radical (unpaired) electrons. The summed E-state index contributed by atoms with van der Waals surface area (Å²) in [6.45, 7) is 1.43. The SMILES string of the molecule is c1n[nH]c2c1CNCO2. The van der Waals surface area contributed by atoms with Gasteiger partial charge in [-0.15, -0.1) is 0 Å². The average Bonchev–Trinajstić information content (AvgIpc) is 2.33. The van der Waals surface area contributed by atoms with E-state index >= 15 is 0 Å². The fourth-order valence-corrected chi connectivity index (χ4v) is 0.859. The van der Waals surface area contributed by atoms with Gasteiger partial charge in [-0.1, -0.05) is 0 Å². The van der Waals surface area contributed by atoms with Gasteiger partial charge in [0, 0.05) is 12.1 Å². The molecule has 0 bridgehead atoms. The molecule has 2 heterocycles. The number of nitrogens with zero attached hydrogens (tertiary/aromatic N) is 1. The molecule has 0 spiro atoms. The Morgan fingerprint density at radius 1 is 1.67 bits per heavy atom. The van der Waals surface area contributed by atoms with E-state index in [1.54, 1.807) is 6.20 Å². The van der Waals surface area contributed by atoms with Crippen molar-refractivity contribution in [3.63, 3.8) is 0 Å². The summed E-state index contributed by atoms with van der Waals surface area (Å²) in [6, 6.07) is 0. The number of hydrogen-bond acceptors (Lipinski definition) is 3. The van der Waals surface area contributed by atoms with Crippen molar-refractivity contribution in [3.05, 3.63) is 11.8 Å². The van der Waals surface area contributed by atoms with Crippen LogP contribution in [0.2, 0.25) is 0 Å². The van der Waals surface area contributed by atoms with Crippen molar-refractivity contribution in [2.75, 3.05) is 6.73 Å². The lowest BCUT2D eigenvalue weighted by molar-refractivity contribution is 0.248. The molecule has 4 heteroatoms. The van der Waals surface area contributed by atoms with E-state index in [9.17, 15) is 0 Å². The van der Waals surface area contributed by atoms with Gasteiger partial charge in [0.25, 0.3) is 0 Å². The molecule has 0 saturated carbocycles. The summed E-state index contributed by atoms with van der Waals surface area (Å²) in [5.74, 6) is 0.800. The van der Waals surface area contributed by atoms with E-state index in [4.69, 9.17) is 4.74 Å². The van der Waals surface area contributed by atoms with E-state index in [-0.39, 0.29) is 0 Å². The predicted molar refractivity (Wildman–Crippen MR) is 30.9 cm³/mol. The molecule has 2 rings (SSSR count). The highest BCUT2D eigenvalue weighted by molar-refractivity contribution is 5.23. The van der Waals surface area contributed by atoms with Gasteiger partial charge in [0.05, 0.1) is 6.20 Å². The van der Waals surface area contributed by atoms with Crippen LogP contribution in [0.1, 0.15) is 5.56 Å². The number of fused-ring (bicyclic) bond motifs is 1. The summed E-state index contributed by atoms with van der Waals surface area (Å²) in [5.41, 5.74) is 1.10. The summed E-state index contributed by atoms with van der Waals surface area (Å²) >= 11 is 0. The lowest BCUT2D eigenvalue weighted by Gasteiger charge is -2.12. The van der Waals surface area contributed by atoms with Crippen molar-refractivity contribution < 1.29 is 4.74 Å². The molecule has 0 saturated heterocycles. The largest absolute Gasteiger partial charge is 0.462 e. The molecule has 0 atom stereocenters. The molecular formula is C5H7N3O. The Hall–Kier alpha value is -1.03. The third-order valence-corrected chi connectivity index (χ3v) is 1.31. The Morgan fingerprint density at radius 3 is 3.56 bits per heavy atom. The Balaban J connectivity index is 2.39. The van der Waals surface area contributed by atoms with Gasteiger partial charge in [0.2, 0.25) is 5.88 Å². The van der Waals surface area contributed by atoms with Gasteiger partial charge in [0.1, 0.15) is 6.73 Å². The first-order chi connectivity index (χ1) is 4.47. The van der Waals surface area contributed by atoms with E-state index in [0.717, 1.165) is 18.0 Å². The van der Waals surface area contributed by atoms with E-state index in [1.807, 2.05) is 0 Å². The highest BCUT2D eigenvalue weighted by atomic mass is 16.5. The highest BCUT2D eigenvalue weighted by Crippen LogP contribution is 2.15. The molecule has 1 aromatic heterocycles. The van der Waals surface area contributed by atoms with E-state index in [2.05, 4.69) is 15.5 Å². The zero-order valence-corrected chi connectivity index (χ0v) is 4.85. The Labute approximate surface area is 52.2 Å². The van der Waals surface area contributed by atoms with Crippen LogP contribution in [0.25, 0.3) is 0 Å². The fourth-order valence-electron chi connectivity index (χ4n) is 0.859. The summed E-state index contributed by atoms with van der Waals surface area (Å²) in [4.78, 5) is 0. The van der Waals surface area contributed by atoms with Crippen LogP contribution in [0.15, 0.2) is 6.20 Å². The van der Waals surface area contributed by atoms with Crippen molar-refractivity contribution >= 4 is 0 Å². The van der Waals surface area contributed by atoms with Crippen LogP contribution in [0.5, 0.6) is 5.88 Å². The summed E-state index contributed by atoms with van der Waals surface area (Å²) < 4.78 is 5.13. The highest BCUT2D eigenvalue weighted by Gasteiger charge is 2.09. The Morgan fingerprint density at radius 2 is 2.67 bits per heavy atom. The molecule has 0 aliphatic carbocycles. The van der Waals surface area contributed by atoms with Crippen LogP contribution in [0.4, 0.5) is 0 Å². The Bertz CT molecular complexity index is 187. The smallest absolute Gasteiger partial charge is 0.215 e. The lowest BCUT2D eigenvalue weighted by Crippen LogP contribution is -2.24. The molecule has 0 unspecified atom stereocenters. The monoisotopic (exact) mass is 125 g/mol. The molecule has 0 aromatic carbocycles. The van der Waals surface area contributed by atoms with E-state index in [1.165, 1.54) is 0 Å². The quantitative estimate of drug-likeness (QED) is 0.507. The summed E-state index contributed by atoms with van der Waals surface area (Å²) in [5, 5.41) is 9.60. The predicted octanol–water partition coefficient (Wildman–Crippen LogP) is -0.151. The number of rotatable bonds is 0. The third kappa shape index (κ3) is 0.675. The van der Waals surface area contributed by atoms with Crippen LogP contribution < -0.4 is 10.1 Å². The zero-order chi connectivity index (χ0) is 6.10. The van der Waals surface area contributed by atoms with Gasteiger partial charge >= 0.3 is 0 Å². The lowest BCUT2D eigenvalue weighted by atomic mass is 10.3. The van der Waals surface area contributed by atoms with Crippen LogP contribution in [0.3, 0.4) is 0 Å². The molecule has 48 valence electrons.